The summed E-state index contributed by atoms with van der Waals surface area (Å²) in [6.45, 7) is 1.84. The summed E-state index contributed by atoms with van der Waals surface area (Å²) in [4.78, 5) is 33.1. The zero-order chi connectivity index (χ0) is 15.4. The minimum absolute atomic E-state index is 0.0875. The van der Waals surface area contributed by atoms with Crippen LogP contribution < -0.4 is 5.32 Å². The van der Waals surface area contributed by atoms with Crippen LogP contribution in [0, 0.1) is 17.0 Å². The number of nitrogens with zero attached hydrogens (tertiary/aromatic N) is 1. The van der Waals surface area contributed by atoms with E-state index in [1.807, 2.05) is 6.92 Å². The lowest BCUT2D eigenvalue weighted by atomic mass is 10.1. The predicted octanol–water partition coefficient (Wildman–Crippen LogP) is 2.97. The van der Waals surface area contributed by atoms with E-state index in [0.29, 0.717) is 17.5 Å². The van der Waals surface area contributed by atoms with Crippen molar-refractivity contribution in [2.24, 2.45) is 0 Å². The first kappa shape index (κ1) is 14.4. The third kappa shape index (κ3) is 3.30. The van der Waals surface area contributed by atoms with Gasteiger partial charge in [0.05, 0.1) is 10.6 Å². The van der Waals surface area contributed by atoms with Crippen molar-refractivity contribution in [2.45, 2.75) is 6.92 Å². The van der Waals surface area contributed by atoms with Crippen molar-refractivity contribution in [1.29, 1.82) is 0 Å². The van der Waals surface area contributed by atoms with Gasteiger partial charge in [0.1, 0.15) is 0 Å². The second-order valence-electron chi connectivity index (χ2n) is 4.47. The van der Waals surface area contributed by atoms with Crippen molar-refractivity contribution in [3.63, 3.8) is 0 Å². The molecule has 0 aliphatic rings. The SMILES string of the molecule is Cc1ccc(NC(=O)c2ccc([N+](=O)[O-])cc2)c(C=O)c1. The summed E-state index contributed by atoms with van der Waals surface area (Å²) in [5.74, 6) is -0.433. The number of aryl methyl sites for hydroxylation is 1. The Kier molecular flexibility index (Phi) is 4.08. The van der Waals surface area contributed by atoms with E-state index in [0.717, 1.165) is 5.56 Å². The molecule has 0 unspecified atom stereocenters. The molecule has 0 fully saturated rings. The monoisotopic (exact) mass is 284 g/mol. The number of non-ortho nitro benzene ring substituents is 1. The summed E-state index contributed by atoms with van der Waals surface area (Å²) in [7, 11) is 0. The van der Waals surface area contributed by atoms with Crippen molar-refractivity contribution in [2.75, 3.05) is 5.32 Å². The van der Waals surface area contributed by atoms with Crippen LogP contribution in [0.3, 0.4) is 0 Å². The first-order chi connectivity index (χ1) is 10.0. The van der Waals surface area contributed by atoms with Gasteiger partial charge in [-0.2, -0.15) is 0 Å². The van der Waals surface area contributed by atoms with E-state index in [9.17, 15) is 19.7 Å². The highest BCUT2D eigenvalue weighted by Gasteiger charge is 2.11. The van der Waals surface area contributed by atoms with Crippen LogP contribution in [0.5, 0.6) is 0 Å². The molecular weight excluding hydrogens is 272 g/mol. The molecule has 106 valence electrons. The smallest absolute Gasteiger partial charge is 0.269 e. The van der Waals surface area contributed by atoms with Crippen LogP contribution in [0.1, 0.15) is 26.3 Å². The molecule has 2 aromatic carbocycles. The Balaban J connectivity index is 2.21. The van der Waals surface area contributed by atoms with E-state index in [1.54, 1.807) is 18.2 Å². The standard InChI is InChI=1S/C15H12N2O4/c1-10-2-7-14(12(8-10)9-18)16-15(19)11-3-5-13(6-4-11)17(20)21/h2-9H,1H3,(H,16,19). The lowest BCUT2D eigenvalue weighted by Gasteiger charge is -2.08. The van der Waals surface area contributed by atoms with Gasteiger partial charge in [0.2, 0.25) is 0 Å². The number of carbonyl (C=O) groups is 2. The zero-order valence-corrected chi connectivity index (χ0v) is 11.2. The van der Waals surface area contributed by atoms with E-state index >= 15 is 0 Å². The molecule has 0 bridgehead atoms. The fourth-order valence-electron chi connectivity index (χ4n) is 1.82. The molecule has 1 amide bonds. The Morgan fingerprint density at radius 1 is 1.19 bits per heavy atom. The average Bonchev–Trinajstić information content (AvgIpc) is 2.49. The molecular formula is C15H12N2O4. The predicted molar refractivity (Wildman–Crippen MR) is 77.6 cm³/mol. The summed E-state index contributed by atoms with van der Waals surface area (Å²) in [6, 6.07) is 10.3. The van der Waals surface area contributed by atoms with Crippen LogP contribution in [0.4, 0.5) is 11.4 Å². The fourth-order valence-corrected chi connectivity index (χ4v) is 1.82. The average molecular weight is 284 g/mol. The maximum atomic E-state index is 12.1. The molecule has 0 saturated carbocycles. The molecule has 6 heteroatoms. The zero-order valence-electron chi connectivity index (χ0n) is 11.2. The molecule has 2 aromatic rings. The summed E-state index contributed by atoms with van der Waals surface area (Å²) in [5.41, 5.74) is 1.88. The largest absolute Gasteiger partial charge is 0.321 e. The van der Waals surface area contributed by atoms with Gasteiger partial charge < -0.3 is 5.32 Å². The molecule has 21 heavy (non-hydrogen) atoms. The van der Waals surface area contributed by atoms with Crippen molar-refractivity contribution in [1.82, 2.24) is 0 Å². The van der Waals surface area contributed by atoms with Gasteiger partial charge >= 0.3 is 0 Å². The number of carbonyl (C=O) groups excluding carboxylic acids is 2. The second kappa shape index (κ2) is 5.96. The quantitative estimate of drug-likeness (QED) is 0.531. The number of amides is 1. The minimum Gasteiger partial charge on any atom is -0.321 e. The molecule has 6 nitrogen and oxygen atoms in total. The van der Waals surface area contributed by atoms with E-state index < -0.39 is 10.8 Å². The molecule has 0 aromatic heterocycles. The summed E-state index contributed by atoms with van der Waals surface area (Å²) in [6.07, 6.45) is 0.665. The lowest BCUT2D eigenvalue weighted by molar-refractivity contribution is -0.384. The first-order valence-corrected chi connectivity index (χ1v) is 6.13. The first-order valence-electron chi connectivity index (χ1n) is 6.13. The topological polar surface area (TPSA) is 89.3 Å². The number of rotatable bonds is 4. The maximum absolute atomic E-state index is 12.1. The highest BCUT2D eigenvalue weighted by molar-refractivity contribution is 6.06. The van der Waals surface area contributed by atoms with Gasteiger partial charge in [0.15, 0.2) is 6.29 Å². The molecule has 0 aliphatic carbocycles. The molecule has 0 atom stereocenters. The summed E-state index contributed by atoms with van der Waals surface area (Å²) < 4.78 is 0. The van der Waals surface area contributed by atoms with E-state index in [4.69, 9.17) is 0 Å². The number of hydrogen-bond donors (Lipinski definition) is 1. The van der Waals surface area contributed by atoms with Gasteiger partial charge in [0.25, 0.3) is 11.6 Å². The number of nitro groups is 1. The van der Waals surface area contributed by atoms with E-state index in [2.05, 4.69) is 5.32 Å². The Hall–Kier alpha value is -3.02. The Morgan fingerprint density at radius 3 is 2.43 bits per heavy atom. The normalized spacial score (nSPS) is 9.95. The highest BCUT2D eigenvalue weighted by Crippen LogP contribution is 2.18. The minimum atomic E-state index is -0.536. The number of nitrogens with one attached hydrogen (secondary N) is 1. The molecule has 0 radical (unpaired) electrons. The Bertz CT molecular complexity index is 708. The van der Waals surface area contributed by atoms with Crippen molar-refractivity contribution >= 4 is 23.6 Å². The molecule has 0 heterocycles. The number of benzene rings is 2. The van der Waals surface area contributed by atoms with Crippen molar-refractivity contribution < 1.29 is 14.5 Å². The van der Waals surface area contributed by atoms with E-state index in [-0.39, 0.29) is 11.3 Å². The summed E-state index contributed by atoms with van der Waals surface area (Å²) >= 11 is 0. The maximum Gasteiger partial charge on any atom is 0.269 e. The molecule has 2 rings (SSSR count). The van der Waals surface area contributed by atoms with Gasteiger partial charge in [-0.3, -0.25) is 19.7 Å². The fraction of sp³-hybridized carbons (Fsp3) is 0.0667. The molecule has 0 spiro atoms. The summed E-state index contributed by atoms with van der Waals surface area (Å²) in [5, 5.41) is 13.2. The van der Waals surface area contributed by atoms with Gasteiger partial charge in [-0.1, -0.05) is 11.6 Å². The Labute approximate surface area is 120 Å². The van der Waals surface area contributed by atoms with Gasteiger partial charge in [0, 0.05) is 23.3 Å². The van der Waals surface area contributed by atoms with Crippen molar-refractivity contribution in [3.05, 3.63) is 69.3 Å². The third-order valence-corrected chi connectivity index (χ3v) is 2.92. The lowest BCUT2D eigenvalue weighted by Crippen LogP contribution is -2.13. The number of hydrogen-bond acceptors (Lipinski definition) is 4. The number of anilines is 1. The van der Waals surface area contributed by atoms with Crippen LogP contribution in [0.2, 0.25) is 0 Å². The van der Waals surface area contributed by atoms with Gasteiger partial charge in [-0.25, -0.2) is 0 Å². The Morgan fingerprint density at radius 2 is 1.86 bits per heavy atom. The van der Waals surface area contributed by atoms with Gasteiger partial charge in [-0.15, -0.1) is 0 Å². The molecule has 0 aliphatic heterocycles. The van der Waals surface area contributed by atoms with Gasteiger partial charge in [-0.05, 0) is 31.2 Å². The highest BCUT2D eigenvalue weighted by atomic mass is 16.6. The third-order valence-electron chi connectivity index (χ3n) is 2.92. The second-order valence-corrected chi connectivity index (χ2v) is 4.47. The molecule has 1 N–H and O–H groups in total. The van der Waals surface area contributed by atoms with Crippen molar-refractivity contribution in [3.8, 4) is 0 Å². The number of aldehydes is 1. The number of nitro benzene ring substituents is 1. The van der Waals surface area contributed by atoms with E-state index in [1.165, 1.54) is 24.3 Å². The van der Waals surface area contributed by atoms with Crippen LogP contribution in [-0.2, 0) is 0 Å². The van der Waals surface area contributed by atoms with Crippen LogP contribution in [0.15, 0.2) is 42.5 Å². The molecule has 0 saturated heterocycles. The van der Waals surface area contributed by atoms with Crippen LogP contribution in [-0.4, -0.2) is 17.1 Å². The van der Waals surface area contributed by atoms with Crippen LogP contribution >= 0.6 is 0 Å². The van der Waals surface area contributed by atoms with Crippen LogP contribution in [0.25, 0.3) is 0 Å².